The van der Waals surface area contributed by atoms with Crippen molar-refractivity contribution in [3.05, 3.63) is 194 Å². The molecule has 0 aliphatic carbocycles. The molecule has 1 aromatic heterocycles. The predicted octanol–water partition coefficient (Wildman–Crippen LogP) is 12.7. The highest BCUT2D eigenvalue weighted by Crippen LogP contribution is 2.42. The molecule has 0 bridgehead atoms. The van der Waals surface area contributed by atoms with Crippen LogP contribution in [0.2, 0.25) is 0 Å². The lowest BCUT2D eigenvalue weighted by Gasteiger charge is -2.26. The van der Waals surface area contributed by atoms with Crippen molar-refractivity contribution in [2.45, 2.75) is 0 Å². The largest absolute Gasteiger partial charge is 0.310 e. The van der Waals surface area contributed by atoms with Crippen LogP contribution >= 0.6 is 0 Å². The number of para-hydroxylation sites is 1. The summed E-state index contributed by atoms with van der Waals surface area (Å²) in [7, 11) is 0. The van der Waals surface area contributed by atoms with Gasteiger partial charge in [-0.1, -0.05) is 133 Å². The normalized spacial score (nSPS) is 11.3. The lowest BCUT2D eigenvalue weighted by molar-refractivity contribution is 1.18. The molecular weight excluding hydrogens is 581 g/mol. The van der Waals surface area contributed by atoms with Gasteiger partial charge in [-0.3, -0.25) is 0 Å². The third-order valence-electron chi connectivity index (χ3n) is 9.36. The van der Waals surface area contributed by atoms with Gasteiger partial charge in [-0.25, -0.2) is 0 Å². The van der Waals surface area contributed by atoms with Gasteiger partial charge in [-0.2, -0.15) is 0 Å². The molecule has 0 aliphatic heterocycles. The van der Waals surface area contributed by atoms with Crippen molar-refractivity contribution in [2.24, 2.45) is 0 Å². The van der Waals surface area contributed by atoms with Crippen LogP contribution in [0.15, 0.2) is 194 Å². The molecule has 2 nitrogen and oxygen atoms in total. The van der Waals surface area contributed by atoms with E-state index >= 15 is 0 Å². The van der Waals surface area contributed by atoms with Crippen molar-refractivity contribution in [2.75, 3.05) is 4.90 Å². The molecule has 226 valence electrons. The molecule has 0 spiro atoms. The van der Waals surface area contributed by atoms with E-state index in [1.54, 1.807) is 0 Å². The zero-order valence-corrected chi connectivity index (χ0v) is 26.4. The topological polar surface area (TPSA) is 8.17 Å². The summed E-state index contributed by atoms with van der Waals surface area (Å²) in [6.07, 6.45) is 0. The third-order valence-corrected chi connectivity index (χ3v) is 9.36. The summed E-state index contributed by atoms with van der Waals surface area (Å²) in [6.45, 7) is 0. The van der Waals surface area contributed by atoms with Crippen LogP contribution in [0.1, 0.15) is 0 Å². The zero-order chi connectivity index (χ0) is 31.9. The molecule has 9 rings (SSSR count). The van der Waals surface area contributed by atoms with Gasteiger partial charge >= 0.3 is 0 Å². The smallest absolute Gasteiger partial charge is 0.0547 e. The molecule has 0 N–H and O–H groups in total. The number of benzene rings is 8. The van der Waals surface area contributed by atoms with E-state index in [9.17, 15) is 0 Å². The van der Waals surface area contributed by atoms with Crippen LogP contribution in [0.5, 0.6) is 0 Å². The van der Waals surface area contributed by atoms with Crippen LogP contribution in [-0.4, -0.2) is 4.57 Å². The SMILES string of the molecule is c1ccc(-c2ccc(N(c3cccc(-c4ccccc4)c3)c3ccc4c(c3)c3c5ccccc5ccc3n4-c3ccccc3)cc2)cc1. The summed E-state index contributed by atoms with van der Waals surface area (Å²) in [5, 5.41) is 5.00. The van der Waals surface area contributed by atoms with E-state index in [1.165, 1.54) is 54.8 Å². The van der Waals surface area contributed by atoms with Crippen molar-refractivity contribution in [1.82, 2.24) is 4.57 Å². The van der Waals surface area contributed by atoms with Gasteiger partial charge in [0.15, 0.2) is 0 Å². The van der Waals surface area contributed by atoms with Crippen LogP contribution in [0, 0.1) is 0 Å². The van der Waals surface area contributed by atoms with Gasteiger partial charge in [0.25, 0.3) is 0 Å². The zero-order valence-electron chi connectivity index (χ0n) is 26.4. The molecule has 0 unspecified atom stereocenters. The van der Waals surface area contributed by atoms with Crippen LogP contribution in [-0.2, 0) is 0 Å². The summed E-state index contributed by atoms with van der Waals surface area (Å²) in [5.41, 5.74) is 11.7. The molecular formula is C46H32N2. The first-order valence-corrected chi connectivity index (χ1v) is 16.4. The van der Waals surface area contributed by atoms with Crippen molar-refractivity contribution in [3.63, 3.8) is 0 Å². The molecule has 1 heterocycles. The molecule has 0 amide bonds. The molecule has 0 saturated carbocycles. The van der Waals surface area contributed by atoms with Crippen molar-refractivity contribution in [1.29, 1.82) is 0 Å². The lowest BCUT2D eigenvalue weighted by atomic mass is 10.0. The highest BCUT2D eigenvalue weighted by molar-refractivity contribution is 6.22. The van der Waals surface area contributed by atoms with Gasteiger partial charge in [0, 0.05) is 33.5 Å². The van der Waals surface area contributed by atoms with Crippen molar-refractivity contribution >= 4 is 49.6 Å². The maximum Gasteiger partial charge on any atom is 0.0547 e. The summed E-state index contributed by atoms with van der Waals surface area (Å²) in [5.74, 6) is 0. The first-order valence-electron chi connectivity index (χ1n) is 16.4. The molecule has 0 fully saturated rings. The number of nitrogens with zero attached hydrogens (tertiary/aromatic N) is 2. The Hall–Kier alpha value is -6.38. The second-order valence-corrected chi connectivity index (χ2v) is 12.2. The molecule has 48 heavy (non-hydrogen) atoms. The third kappa shape index (κ3) is 4.83. The molecule has 0 atom stereocenters. The van der Waals surface area contributed by atoms with E-state index < -0.39 is 0 Å². The Balaban J connectivity index is 1.29. The van der Waals surface area contributed by atoms with E-state index in [1.807, 2.05) is 0 Å². The van der Waals surface area contributed by atoms with Gasteiger partial charge in [-0.05, 0) is 93.7 Å². The number of rotatable bonds is 6. The Morgan fingerprint density at radius 1 is 0.333 bits per heavy atom. The van der Waals surface area contributed by atoms with Crippen molar-refractivity contribution in [3.8, 4) is 27.9 Å². The fraction of sp³-hybridized carbons (Fsp3) is 0. The molecule has 2 heteroatoms. The van der Waals surface area contributed by atoms with Gasteiger partial charge in [0.05, 0.1) is 11.0 Å². The standard InChI is InChI=1S/C46H32N2/c1-4-13-33(14-5-1)35-23-26-39(27-24-35)47(40-21-12-18-37(31-40)34-15-6-2-7-16-34)41-28-30-44-43(32-41)46-42-22-11-10-17-36(42)25-29-45(46)48(44)38-19-8-3-9-20-38/h1-32H. The Labute approximate surface area is 280 Å². The summed E-state index contributed by atoms with van der Waals surface area (Å²) < 4.78 is 2.40. The first-order chi connectivity index (χ1) is 23.8. The summed E-state index contributed by atoms with van der Waals surface area (Å²) in [6, 6.07) is 69.9. The number of hydrogen-bond acceptors (Lipinski definition) is 1. The summed E-state index contributed by atoms with van der Waals surface area (Å²) in [4.78, 5) is 2.39. The second-order valence-electron chi connectivity index (χ2n) is 12.2. The minimum atomic E-state index is 1.11. The number of hydrogen-bond donors (Lipinski definition) is 0. The average Bonchev–Trinajstić information content (AvgIpc) is 3.51. The highest BCUT2D eigenvalue weighted by Gasteiger charge is 2.19. The quantitative estimate of drug-likeness (QED) is 0.181. The van der Waals surface area contributed by atoms with Gasteiger partial charge < -0.3 is 9.47 Å². The fourth-order valence-electron chi connectivity index (χ4n) is 7.11. The Morgan fingerprint density at radius 2 is 0.896 bits per heavy atom. The predicted molar refractivity (Wildman–Crippen MR) is 204 cm³/mol. The van der Waals surface area contributed by atoms with Crippen LogP contribution < -0.4 is 4.90 Å². The monoisotopic (exact) mass is 612 g/mol. The van der Waals surface area contributed by atoms with Gasteiger partial charge in [0.1, 0.15) is 0 Å². The van der Waals surface area contributed by atoms with Gasteiger partial charge in [0.2, 0.25) is 0 Å². The van der Waals surface area contributed by atoms with E-state index in [-0.39, 0.29) is 0 Å². The number of fused-ring (bicyclic) bond motifs is 5. The lowest BCUT2D eigenvalue weighted by Crippen LogP contribution is -2.10. The van der Waals surface area contributed by atoms with E-state index in [2.05, 4.69) is 204 Å². The number of aromatic nitrogens is 1. The fourth-order valence-corrected chi connectivity index (χ4v) is 7.11. The molecule has 8 aromatic carbocycles. The van der Waals surface area contributed by atoms with Crippen LogP contribution in [0.4, 0.5) is 17.1 Å². The second kappa shape index (κ2) is 11.8. The molecule has 9 aromatic rings. The van der Waals surface area contributed by atoms with Gasteiger partial charge in [-0.15, -0.1) is 0 Å². The van der Waals surface area contributed by atoms with Crippen LogP contribution in [0.25, 0.3) is 60.5 Å². The van der Waals surface area contributed by atoms with E-state index in [4.69, 9.17) is 0 Å². The maximum absolute atomic E-state index is 2.40. The van der Waals surface area contributed by atoms with Crippen molar-refractivity contribution < 1.29 is 0 Å². The minimum Gasteiger partial charge on any atom is -0.310 e. The summed E-state index contributed by atoms with van der Waals surface area (Å²) >= 11 is 0. The average molecular weight is 613 g/mol. The maximum atomic E-state index is 2.40. The Bertz CT molecular complexity index is 2530. The molecule has 0 aliphatic rings. The van der Waals surface area contributed by atoms with Crippen LogP contribution in [0.3, 0.4) is 0 Å². The Kier molecular flexibility index (Phi) is 6.84. The Morgan fingerprint density at radius 3 is 1.65 bits per heavy atom. The number of anilines is 3. The van der Waals surface area contributed by atoms with E-state index in [0.717, 1.165) is 22.7 Å². The minimum absolute atomic E-state index is 1.11. The van der Waals surface area contributed by atoms with E-state index in [0.29, 0.717) is 0 Å². The molecule has 0 saturated heterocycles. The first kappa shape index (κ1) is 27.9. The highest BCUT2D eigenvalue weighted by atomic mass is 15.1. The molecule has 0 radical (unpaired) electrons.